The van der Waals surface area contributed by atoms with Crippen molar-refractivity contribution in [1.82, 2.24) is 0 Å². The normalized spacial score (nSPS) is 12.7. The van der Waals surface area contributed by atoms with Crippen molar-refractivity contribution in [2.24, 2.45) is 0 Å². The van der Waals surface area contributed by atoms with E-state index in [9.17, 15) is 13.2 Å². The van der Waals surface area contributed by atoms with Crippen LogP contribution in [0.1, 0.15) is 37.5 Å². The SMILES string of the molecule is Cc1cc(C(C)(C)C)cc(C)c1NCC(F)(F)F. The minimum absolute atomic E-state index is 0.00191. The van der Waals surface area contributed by atoms with Crippen LogP contribution >= 0.6 is 0 Å². The van der Waals surface area contributed by atoms with Gasteiger partial charge in [-0.25, -0.2) is 0 Å². The van der Waals surface area contributed by atoms with E-state index in [0.29, 0.717) is 5.69 Å². The molecule has 0 aromatic heterocycles. The van der Waals surface area contributed by atoms with Gasteiger partial charge in [0, 0.05) is 5.69 Å². The van der Waals surface area contributed by atoms with Crippen molar-refractivity contribution < 1.29 is 13.2 Å². The summed E-state index contributed by atoms with van der Waals surface area (Å²) in [6.45, 7) is 8.93. The van der Waals surface area contributed by atoms with Gasteiger partial charge in [0.1, 0.15) is 6.54 Å². The van der Waals surface area contributed by atoms with Gasteiger partial charge in [0.25, 0.3) is 0 Å². The van der Waals surface area contributed by atoms with E-state index in [1.807, 2.05) is 26.0 Å². The molecule has 1 nitrogen and oxygen atoms in total. The molecule has 1 N–H and O–H groups in total. The second-order valence-corrected chi connectivity index (χ2v) is 5.70. The van der Waals surface area contributed by atoms with Gasteiger partial charge in [-0.15, -0.1) is 0 Å². The molecule has 0 aliphatic heterocycles. The molecule has 0 radical (unpaired) electrons. The number of hydrogen-bond donors (Lipinski definition) is 1. The first kappa shape index (κ1) is 14.9. The maximum Gasteiger partial charge on any atom is 0.405 e. The highest BCUT2D eigenvalue weighted by atomic mass is 19.4. The Morgan fingerprint density at radius 2 is 1.44 bits per heavy atom. The number of nitrogens with one attached hydrogen (secondary N) is 1. The molecular weight excluding hydrogens is 239 g/mol. The van der Waals surface area contributed by atoms with Crippen LogP contribution in [0, 0.1) is 13.8 Å². The fourth-order valence-electron chi connectivity index (χ4n) is 1.86. The van der Waals surface area contributed by atoms with Crippen molar-refractivity contribution in [3.05, 3.63) is 28.8 Å². The average Bonchev–Trinajstić information content (AvgIpc) is 2.12. The minimum atomic E-state index is -4.19. The van der Waals surface area contributed by atoms with Crippen molar-refractivity contribution in [3.63, 3.8) is 0 Å². The van der Waals surface area contributed by atoms with Gasteiger partial charge in [-0.2, -0.15) is 13.2 Å². The topological polar surface area (TPSA) is 12.0 Å². The van der Waals surface area contributed by atoms with E-state index in [1.54, 1.807) is 0 Å². The minimum Gasteiger partial charge on any atom is -0.376 e. The summed E-state index contributed by atoms with van der Waals surface area (Å²) in [6, 6.07) is 3.90. The second kappa shape index (κ2) is 4.82. The number of aryl methyl sites for hydroxylation is 2. The largest absolute Gasteiger partial charge is 0.405 e. The van der Waals surface area contributed by atoms with Crippen LogP contribution in [0.3, 0.4) is 0 Å². The van der Waals surface area contributed by atoms with Gasteiger partial charge in [0.05, 0.1) is 0 Å². The van der Waals surface area contributed by atoms with Gasteiger partial charge >= 0.3 is 6.18 Å². The molecule has 1 aromatic carbocycles. The highest BCUT2D eigenvalue weighted by molar-refractivity contribution is 5.59. The van der Waals surface area contributed by atoms with E-state index in [2.05, 4.69) is 26.1 Å². The third kappa shape index (κ3) is 3.93. The van der Waals surface area contributed by atoms with Gasteiger partial charge in [-0.05, 0) is 36.0 Å². The van der Waals surface area contributed by atoms with Crippen molar-refractivity contribution in [1.29, 1.82) is 0 Å². The Hall–Kier alpha value is -1.19. The van der Waals surface area contributed by atoms with Crippen molar-refractivity contribution in [2.75, 3.05) is 11.9 Å². The zero-order chi connectivity index (χ0) is 14.1. The van der Waals surface area contributed by atoms with E-state index >= 15 is 0 Å². The number of alkyl halides is 3. The molecule has 0 bridgehead atoms. The molecule has 0 atom stereocenters. The summed E-state index contributed by atoms with van der Waals surface area (Å²) in [5.41, 5.74) is 3.42. The molecule has 0 unspecified atom stereocenters. The fraction of sp³-hybridized carbons (Fsp3) is 0.571. The van der Waals surface area contributed by atoms with Crippen LogP contribution in [0.5, 0.6) is 0 Å². The van der Waals surface area contributed by atoms with E-state index in [1.165, 1.54) is 0 Å². The lowest BCUT2D eigenvalue weighted by atomic mass is 9.85. The van der Waals surface area contributed by atoms with Crippen LogP contribution in [-0.2, 0) is 5.41 Å². The molecule has 0 fully saturated rings. The standard InChI is InChI=1S/C14H20F3N/c1-9-6-11(13(3,4)5)7-10(2)12(9)18-8-14(15,16)17/h6-7,18H,8H2,1-5H3. The third-order valence-electron chi connectivity index (χ3n) is 2.86. The summed E-state index contributed by atoms with van der Waals surface area (Å²) < 4.78 is 36.6. The summed E-state index contributed by atoms with van der Waals surface area (Å²) in [5, 5.41) is 2.47. The molecule has 1 rings (SSSR count). The Morgan fingerprint density at radius 3 is 1.78 bits per heavy atom. The van der Waals surface area contributed by atoms with Crippen molar-refractivity contribution in [2.45, 2.75) is 46.2 Å². The monoisotopic (exact) mass is 259 g/mol. The van der Waals surface area contributed by atoms with Crippen LogP contribution in [0.2, 0.25) is 0 Å². The smallest absolute Gasteiger partial charge is 0.376 e. The number of rotatable bonds is 2. The summed E-state index contributed by atoms with van der Waals surface area (Å²) >= 11 is 0. The van der Waals surface area contributed by atoms with E-state index in [0.717, 1.165) is 16.7 Å². The van der Waals surface area contributed by atoms with Gasteiger partial charge in [0.2, 0.25) is 0 Å². The molecule has 0 spiro atoms. The maximum absolute atomic E-state index is 12.2. The number of anilines is 1. The summed E-state index contributed by atoms with van der Waals surface area (Å²) in [7, 11) is 0. The van der Waals surface area contributed by atoms with Crippen LogP contribution in [0.4, 0.5) is 18.9 Å². The highest BCUT2D eigenvalue weighted by Crippen LogP contribution is 2.30. The Balaban J connectivity index is 3.02. The second-order valence-electron chi connectivity index (χ2n) is 5.70. The van der Waals surface area contributed by atoms with Crippen molar-refractivity contribution in [3.8, 4) is 0 Å². The van der Waals surface area contributed by atoms with E-state index < -0.39 is 12.7 Å². The van der Waals surface area contributed by atoms with Crippen LogP contribution in [-0.4, -0.2) is 12.7 Å². The fourth-order valence-corrected chi connectivity index (χ4v) is 1.86. The zero-order valence-corrected chi connectivity index (χ0v) is 11.5. The Morgan fingerprint density at radius 1 is 1.00 bits per heavy atom. The lowest BCUT2D eigenvalue weighted by Gasteiger charge is -2.23. The molecule has 0 heterocycles. The predicted molar refractivity (Wildman–Crippen MR) is 69.2 cm³/mol. The average molecular weight is 259 g/mol. The first-order valence-corrected chi connectivity index (χ1v) is 5.93. The van der Waals surface area contributed by atoms with Gasteiger partial charge in [0.15, 0.2) is 0 Å². The highest BCUT2D eigenvalue weighted by Gasteiger charge is 2.27. The number of hydrogen-bond acceptors (Lipinski definition) is 1. The molecular formula is C14H20F3N. The van der Waals surface area contributed by atoms with Gasteiger partial charge in [-0.3, -0.25) is 0 Å². The predicted octanol–water partition coefficient (Wildman–Crippen LogP) is 4.58. The third-order valence-corrected chi connectivity index (χ3v) is 2.86. The summed E-state index contributed by atoms with van der Waals surface area (Å²) in [5.74, 6) is 0. The Bertz CT molecular complexity index is 405. The maximum atomic E-state index is 12.2. The first-order chi connectivity index (χ1) is 8.00. The molecule has 0 saturated carbocycles. The first-order valence-electron chi connectivity index (χ1n) is 5.93. The molecule has 0 aliphatic carbocycles. The van der Waals surface area contributed by atoms with Crippen LogP contribution in [0.15, 0.2) is 12.1 Å². The lowest BCUT2D eigenvalue weighted by molar-refractivity contribution is -0.115. The Labute approximate surface area is 106 Å². The number of halogens is 3. The summed E-state index contributed by atoms with van der Waals surface area (Å²) in [6.07, 6.45) is -4.19. The lowest BCUT2D eigenvalue weighted by Crippen LogP contribution is -2.22. The molecule has 1 aromatic rings. The molecule has 18 heavy (non-hydrogen) atoms. The Kier molecular flexibility index (Phi) is 3.99. The zero-order valence-electron chi connectivity index (χ0n) is 11.5. The van der Waals surface area contributed by atoms with Gasteiger partial charge < -0.3 is 5.32 Å². The van der Waals surface area contributed by atoms with Crippen molar-refractivity contribution >= 4 is 5.69 Å². The summed E-state index contributed by atoms with van der Waals surface area (Å²) in [4.78, 5) is 0. The van der Waals surface area contributed by atoms with Crippen LogP contribution < -0.4 is 5.32 Å². The quantitative estimate of drug-likeness (QED) is 0.820. The molecule has 0 amide bonds. The van der Waals surface area contributed by atoms with Crippen LogP contribution in [0.25, 0.3) is 0 Å². The number of benzene rings is 1. The molecule has 0 aliphatic rings. The molecule has 4 heteroatoms. The van der Waals surface area contributed by atoms with E-state index in [-0.39, 0.29) is 5.41 Å². The van der Waals surface area contributed by atoms with E-state index in [4.69, 9.17) is 0 Å². The molecule has 0 saturated heterocycles. The van der Waals surface area contributed by atoms with Gasteiger partial charge in [-0.1, -0.05) is 32.9 Å². The molecule has 102 valence electrons.